The van der Waals surface area contributed by atoms with Crippen LogP contribution in [0.25, 0.3) is 11.0 Å². The van der Waals surface area contributed by atoms with E-state index < -0.39 is 0 Å². The molecule has 1 amide bonds. The van der Waals surface area contributed by atoms with Gasteiger partial charge in [-0.3, -0.25) is 4.79 Å². The molecule has 0 radical (unpaired) electrons. The van der Waals surface area contributed by atoms with Crippen molar-refractivity contribution >= 4 is 16.9 Å². The maximum Gasteiger partial charge on any atom is 0.220 e. The molecule has 1 aliphatic carbocycles. The third-order valence-electron chi connectivity index (χ3n) is 4.05. The van der Waals surface area contributed by atoms with E-state index in [2.05, 4.69) is 12.1 Å². The van der Waals surface area contributed by atoms with Gasteiger partial charge in [0.15, 0.2) is 0 Å². The zero-order chi connectivity index (χ0) is 12.9. The van der Waals surface area contributed by atoms with E-state index in [1.54, 1.807) is 0 Å². The molecular formula is C15H17NO2. The number of amides is 1. The van der Waals surface area contributed by atoms with Crippen molar-refractivity contribution in [2.24, 2.45) is 17.6 Å². The Hall–Kier alpha value is -1.77. The summed E-state index contributed by atoms with van der Waals surface area (Å²) in [4.78, 5) is 11.2. The summed E-state index contributed by atoms with van der Waals surface area (Å²) in [6.45, 7) is 3.88. The number of rotatable bonds is 3. The first-order chi connectivity index (χ1) is 8.58. The predicted octanol–water partition coefficient (Wildman–Crippen LogP) is 2.97. The molecule has 3 atom stereocenters. The van der Waals surface area contributed by atoms with Crippen LogP contribution in [0.4, 0.5) is 0 Å². The Morgan fingerprint density at radius 1 is 1.50 bits per heavy atom. The van der Waals surface area contributed by atoms with Crippen molar-refractivity contribution < 1.29 is 9.21 Å². The fourth-order valence-electron chi connectivity index (χ4n) is 2.87. The van der Waals surface area contributed by atoms with Gasteiger partial charge in [-0.25, -0.2) is 0 Å². The molecule has 94 valence electrons. The molecule has 0 bridgehead atoms. The molecule has 1 heterocycles. The Labute approximate surface area is 106 Å². The zero-order valence-corrected chi connectivity index (χ0v) is 10.6. The van der Waals surface area contributed by atoms with Gasteiger partial charge in [0.2, 0.25) is 5.91 Å². The summed E-state index contributed by atoms with van der Waals surface area (Å²) in [7, 11) is 0. The Balaban J connectivity index is 1.95. The van der Waals surface area contributed by atoms with Gasteiger partial charge in [0, 0.05) is 11.3 Å². The normalized spacial score (nSPS) is 24.1. The van der Waals surface area contributed by atoms with Gasteiger partial charge in [0.1, 0.15) is 11.3 Å². The van der Waals surface area contributed by atoms with Crippen molar-refractivity contribution in [3.63, 3.8) is 0 Å². The van der Waals surface area contributed by atoms with Gasteiger partial charge in [-0.05, 0) is 42.9 Å². The van der Waals surface area contributed by atoms with Crippen LogP contribution in [0.1, 0.15) is 30.6 Å². The summed E-state index contributed by atoms with van der Waals surface area (Å²) in [5.41, 5.74) is 7.60. The number of hydrogen-bond acceptors (Lipinski definition) is 2. The number of aryl methyl sites for hydroxylation is 1. The number of benzene rings is 1. The summed E-state index contributed by atoms with van der Waals surface area (Å²) in [5.74, 6) is 1.53. The van der Waals surface area contributed by atoms with Crippen LogP contribution in [0.2, 0.25) is 0 Å². The van der Waals surface area contributed by atoms with E-state index in [-0.39, 0.29) is 11.8 Å². The number of carbonyl (C=O) groups is 1. The third-order valence-corrected chi connectivity index (χ3v) is 4.05. The first kappa shape index (κ1) is 11.3. The second-order valence-corrected chi connectivity index (χ2v) is 5.31. The largest absolute Gasteiger partial charge is 0.461 e. The van der Waals surface area contributed by atoms with Gasteiger partial charge in [-0.15, -0.1) is 0 Å². The monoisotopic (exact) mass is 243 g/mol. The molecule has 1 aromatic heterocycles. The minimum Gasteiger partial charge on any atom is -0.461 e. The molecule has 0 spiro atoms. The quantitative estimate of drug-likeness (QED) is 0.901. The van der Waals surface area contributed by atoms with Gasteiger partial charge in [-0.1, -0.05) is 19.1 Å². The molecule has 2 aromatic rings. The van der Waals surface area contributed by atoms with Crippen LogP contribution < -0.4 is 5.73 Å². The van der Waals surface area contributed by atoms with Gasteiger partial charge >= 0.3 is 0 Å². The van der Waals surface area contributed by atoms with Crippen LogP contribution in [-0.4, -0.2) is 5.91 Å². The van der Waals surface area contributed by atoms with E-state index in [1.165, 1.54) is 10.9 Å². The Morgan fingerprint density at radius 2 is 2.28 bits per heavy atom. The van der Waals surface area contributed by atoms with E-state index >= 15 is 0 Å². The molecule has 0 saturated heterocycles. The zero-order valence-electron chi connectivity index (χ0n) is 10.6. The number of fused-ring (bicyclic) bond motifs is 1. The van der Waals surface area contributed by atoms with Crippen LogP contribution in [0.15, 0.2) is 28.7 Å². The molecule has 3 nitrogen and oxygen atoms in total. The molecule has 1 saturated carbocycles. The highest BCUT2D eigenvalue weighted by atomic mass is 16.3. The van der Waals surface area contributed by atoms with Crippen LogP contribution >= 0.6 is 0 Å². The smallest absolute Gasteiger partial charge is 0.220 e. The first-order valence-electron chi connectivity index (χ1n) is 6.36. The summed E-state index contributed by atoms with van der Waals surface area (Å²) in [5, 5.41) is 1.18. The second-order valence-electron chi connectivity index (χ2n) is 5.31. The van der Waals surface area contributed by atoms with Crippen molar-refractivity contribution in [2.45, 2.75) is 26.2 Å². The van der Waals surface area contributed by atoms with Crippen molar-refractivity contribution in [2.75, 3.05) is 0 Å². The molecule has 3 rings (SSSR count). The predicted molar refractivity (Wildman–Crippen MR) is 70.2 cm³/mol. The molecule has 0 aliphatic heterocycles. The summed E-state index contributed by atoms with van der Waals surface area (Å²) in [6, 6.07) is 8.22. The van der Waals surface area contributed by atoms with E-state index in [0.29, 0.717) is 11.8 Å². The highest BCUT2D eigenvalue weighted by Crippen LogP contribution is 2.53. The van der Waals surface area contributed by atoms with Crippen molar-refractivity contribution in [1.82, 2.24) is 0 Å². The molecule has 18 heavy (non-hydrogen) atoms. The lowest BCUT2D eigenvalue weighted by Gasteiger charge is -2.06. The maximum absolute atomic E-state index is 11.2. The van der Waals surface area contributed by atoms with E-state index in [1.807, 2.05) is 26.0 Å². The van der Waals surface area contributed by atoms with E-state index in [9.17, 15) is 4.79 Å². The first-order valence-corrected chi connectivity index (χ1v) is 6.36. The summed E-state index contributed by atoms with van der Waals surface area (Å²) in [6.07, 6.45) is 1.05. The summed E-state index contributed by atoms with van der Waals surface area (Å²) >= 11 is 0. The standard InChI is InChI=1S/C15H17NO2/c1-8-6-13-10(4-3-5-14(13)18-8)12-7-11(12)9(2)15(16)17/h3-6,9,11-12H,7H2,1-2H3,(H2,16,17). The van der Waals surface area contributed by atoms with Crippen LogP contribution in [-0.2, 0) is 4.79 Å². The fraction of sp³-hybridized carbons (Fsp3) is 0.400. The minimum atomic E-state index is -0.196. The molecule has 3 heteroatoms. The van der Waals surface area contributed by atoms with Gasteiger partial charge in [-0.2, -0.15) is 0 Å². The lowest BCUT2D eigenvalue weighted by atomic mass is 9.98. The van der Waals surface area contributed by atoms with Crippen LogP contribution in [0.5, 0.6) is 0 Å². The molecule has 1 aliphatic rings. The Kier molecular flexibility index (Phi) is 2.44. The molecular weight excluding hydrogens is 226 g/mol. The Bertz CT molecular complexity index is 614. The number of hydrogen-bond donors (Lipinski definition) is 1. The molecule has 3 unspecified atom stereocenters. The minimum absolute atomic E-state index is 0.0433. The maximum atomic E-state index is 11.2. The van der Waals surface area contributed by atoms with Crippen molar-refractivity contribution in [3.05, 3.63) is 35.6 Å². The molecule has 1 fully saturated rings. The van der Waals surface area contributed by atoms with Crippen molar-refractivity contribution in [3.8, 4) is 0 Å². The molecule has 1 aromatic carbocycles. The van der Waals surface area contributed by atoms with Crippen LogP contribution in [0, 0.1) is 18.8 Å². The van der Waals surface area contributed by atoms with Gasteiger partial charge in [0.25, 0.3) is 0 Å². The Morgan fingerprint density at radius 3 is 3.00 bits per heavy atom. The van der Waals surface area contributed by atoms with E-state index in [4.69, 9.17) is 10.2 Å². The lowest BCUT2D eigenvalue weighted by Crippen LogP contribution is -2.22. The molecule has 2 N–H and O–H groups in total. The van der Waals surface area contributed by atoms with Crippen LogP contribution in [0.3, 0.4) is 0 Å². The van der Waals surface area contributed by atoms with Gasteiger partial charge < -0.3 is 10.2 Å². The third kappa shape index (κ3) is 1.70. The average Bonchev–Trinajstić information content (AvgIpc) is 3.01. The topological polar surface area (TPSA) is 56.2 Å². The summed E-state index contributed by atoms with van der Waals surface area (Å²) < 4.78 is 5.64. The average molecular weight is 243 g/mol. The SMILES string of the molecule is Cc1cc2c(C3CC3C(C)C(N)=O)cccc2o1. The highest BCUT2D eigenvalue weighted by Gasteiger charge is 2.44. The highest BCUT2D eigenvalue weighted by molar-refractivity contribution is 5.83. The van der Waals surface area contributed by atoms with Crippen molar-refractivity contribution in [1.29, 1.82) is 0 Å². The number of carbonyl (C=O) groups excluding carboxylic acids is 1. The number of furan rings is 1. The fourth-order valence-corrected chi connectivity index (χ4v) is 2.87. The van der Waals surface area contributed by atoms with Gasteiger partial charge in [0.05, 0.1) is 0 Å². The number of nitrogens with two attached hydrogens (primary N) is 1. The second kappa shape index (κ2) is 3.87. The number of primary amides is 1. The van der Waals surface area contributed by atoms with E-state index in [0.717, 1.165) is 17.8 Å². The lowest BCUT2D eigenvalue weighted by molar-refractivity contribution is -0.121.